The van der Waals surface area contributed by atoms with Crippen LogP contribution in [0.3, 0.4) is 0 Å². The molecule has 17 heavy (non-hydrogen) atoms. The molecule has 1 N–H and O–H groups in total. The number of hydrogen-bond donors (Lipinski definition) is 1. The summed E-state index contributed by atoms with van der Waals surface area (Å²) in [7, 11) is 0. The number of aromatic nitrogens is 1. The number of hydrogen-bond acceptors (Lipinski definition) is 3. The standard InChI is InChI=1S/C14H14N2O/c17-16-14(9-12-5-2-1-3-6-12)10-13-7-4-8-15-11-13/h1-8,11,17H,9-10H2. The van der Waals surface area contributed by atoms with E-state index in [1.54, 1.807) is 12.4 Å². The van der Waals surface area contributed by atoms with Gasteiger partial charge >= 0.3 is 0 Å². The molecule has 86 valence electrons. The predicted molar refractivity (Wildman–Crippen MR) is 67.3 cm³/mol. The van der Waals surface area contributed by atoms with Gasteiger partial charge in [0.15, 0.2) is 0 Å². The normalized spacial score (nSPS) is 11.4. The van der Waals surface area contributed by atoms with Gasteiger partial charge < -0.3 is 5.21 Å². The Labute approximate surface area is 100 Å². The third kappa shape index (κ3) is 3.41. The van der Waals surface area contributed by atoms with Crippen LogP contribution >= 0.6 is 0 Å². The molecule has 3 nitrogen and oxygen atoms in total. The molecule has 0 amide bonds. The van der Waals surface area contributed by atoms with Crippen LogP contribution in [0, 0.1) is 0 Å². The van der Waals surface area contributed by atoms with Crippen LogP contribution in [0.5, 0.6) is 0 Å². The highest BCUT2D eigenvalue weighted by Crippen LogP contribution is 2.05. The van der Waals surface area contributed by atoms with Crippen LogP contribution < -0.4 is 0 Å². The zero-order valence-corrected chi connectivity index (χ0v) is 9.45. The van der Waals surface area contributed by atoms with Crippen LogP contribution in [0.25, 0.3) is 0 Å². The Kier molecular flexibility index (Phi) is 3.86. The molecule has 0 spiro atoms. The van der Waals surface area contributed by atoms with Crippen molar-refractivity contribution in [1.29, 1.82) is 0 Å². The van der Waals surface area contributed by atoms with Gasteiger partial charge in [0.05, 0.1) is 5.71 Å². The summed E-state index contributed by atoms with van der Waals surface area (Å²) in [6.07, 6.45) is 4.80. The molecule has 0 saturated heterocycles. The van der Waals surface area contributed by atoms with Crippen LogP contribution in [0.15, 0.2) is 60.0 Å². The number of rotatable bonds is 4. The van der Waals surface area contributed by atoms with Crippen molar-refractivity contribution in [3.63, 3.8) is 0 Å². The summed E-state index contributed by atoms with van der Waals surface area (Å²) in [5, 5.41) is 12.4. The number of oxime groups is 1. The highest BCUT2D eigenvalue weighted by molar-refractivity contribution is 5.87. The molecule has 0 saturated carbocycles. The Morgan fingerprint density at radius 2 is 1.71 bits per heavy atom. The Hall–Kier alpha value is -2.16. The third-order valence-corrected chi connectivity index (χ3v) is 2.52. The average Bonchev–Trinajstić information content (AvgIpc) is 2.40. The first-order valence-corrected chi connectivity index (χ1v) is 5.51. The van der Waals surface area contributed by atoms with Crippen molar-refractivity contribution in [3.05, 3.63) is 66.0 Å². The molecule has 0 unspecified atom stereocenters. The Bertz CT molecular complexity index is 437. The van der Waals surface area contributed by atoms with Crippen LogP contribution in [0.1, 0.15) is 11.1 Å². The van der Waals surface area contributed by atoms with Gasteiger partial charge in [0.2, 0.25) is 0 Å². The van der Waals surface area contributed by atoms with Gasteiger partial charge in [-0.1, -0.05) is 41.6 Å². The second-order valence-electron chi connectivity index (χ2n) is 3.87. The molecule has 0 bridgehead atoms. The SMILES string of the molecule is ON=C(Cc1ccccc1)Cc1cccnc1. The summed E-state index contributed by atoms with van der Waals surface area (Å²) in [5.74, 6) is 0. The molecule has 1 aromatic carbocycles. The summed E-state index contributed by atoms with van der Waals surface area (Å²) in [6.45, 7) is 0. The fraction of sp³-hybridized carbons (Fsp3) is 0.143. The van der Waals surface area contributed by atoms with Crippen molar-refractivity contribution in [2.75, 3.05) is 0 Å². The topological polar surface area (TPSA) is 45.5 Å². The van der Waals surface area contributed by atoms with Gasteiger partial charge in [-0.15, -0.1) is 0 Å². The van der Waals surface area contributed by atoms with Gasteiger partial charge in [-0.25, -0.2) is 0 Å². The molecule has 2 rings (SSSR count). The molecule has 3 heteroatoms. The Morgan fingerprint density at radius 1 is 1.00 bits per heavy atom. The van der Waals surface area contributed by atoms with Crippen molar-refractivity contribution in [2.24, 2.45) is 5.16 Å². The zero-order chi connectivity index (χ0) is 11.9. The van der Waals surface area contributed by atoms with Crippen LogP contribution in [0.2, 0.25) is 0 Å². The van der Waals surface area contributed by atoms with E-state index in [-0.39, 0.29) is 0 Å². The lowest BCUT2D eigenvalue weighted by Gasteiger charge is -2.04. The maximum atomic E-state index is 9.02. The van der Waals surface area contributed by atoms with Crippen LogP contribution in [0.4, 0.5) is 0 Å². The molecule has 1 heterocycles. The van der Waals surface area contributed by atoms with E-state index in [1.807, 2.05) is 42.5 Å². The van der Waals surface area contributed by atoms with E-state index in [1.165, 1.54) is 0 Å². The lowest BCUT2D eigenvalue weighted by molar-refractivity contribution is 0.317. The quantitative estimate of drug-likeness (QED) is 0.495. The van der Waals surface area contributed by atoms with E-state index < -0.39 is 0 Å². The van der Waals surface area contributed by atoms with Crippen molar-refractivity contribution in [2.45, 2.75) is 12.8 Å². The van der Waals surface area contributed by atoms with E-state index >= 15 is 0 Å². The summed E-state index contributed by atoms with van der Waals surface area (Å²) < 4.78 is 0. The first-order chi connectivity index (χ1) is 8.38. The van der Waals surface area contributed by atoms with Gasteiger partial charge in [0.25, 0.3) is 0 Å². The van der Waals surface area contributed by atoms with E-state index in [0.717, 1.165) is 16.8 Å². The minimum absolute atomic E-state index is 0.624. The molecule has 1 aromatic heterocycles. The second-order valence-corrected chi connectivity index (χ2v) is 3.87. The van der Waals surface area contributed by atoms with Gasteiger partial charge in [-0.2, -0.15) is 0 Å². The van der Waals surface area contributed by atoms with Crippen molar-refractivity contribution >= 4 is 5.71 Å². The summed E-state index contributed by atoms with van der Waals surface area (Å²) in [6, 6.07) is 13.8. The first-order valence-electron chi connectivity index (χ1n) is 5.51. The Balaban J connectivity index is 2.04. The van der Waals surface area contributed by atoms with Crippen molar-refractivity contribution < 1.29 is 5.21 Å². The molecule has 0 atom stereocenters. The predicted octanol–water partition coefficient (Wildman–Crippen LogP) is 2.70. The monoisotopic (exact) mass is 226 g/mol. The minimum Gasteiger partial charge on any atom is -0.411 e. The fourth-order valence-corrected chi connectivity index (χ4v) is 1.70. The van der Waals surface area contributed by atoms with Crippen LogP contribution in [-0.2, 0) is 12.8 Å². The molecular formula is C14H14N2O. The molecule has 0 aliphatic carbocycles. The highest BCUT2D eigenvalue weighted by Gasteiger charge is 2.03. The van der Waals surface area contributed by atoms with E-state index in [2.05, 4.69) is 10.1 Å². The lowest BCUT2D eigenvalue weighted by Crippen LogP contribution is -2.07. The molecule has 0 aliphatic rings. The van der Waals surface area contributed by atoms with Gasteiger partial charge in [0.1, 0.15) is 0 Å². The average molecular weight is 226 g/mol. The smallest absolute Gasteiger partial charge is 0.0658 e. The summed E-state index contributed by atoms with van der Waals surface area (Å²) in [5.41, 5.74) is 2.93. The number of benzene rings is 1. The van der Waals surface area contributed by atoms with Gasteiger partial charge in [-0.05, 0) is 17.2 Å². The largest absolute Gasteiger partial charge is 0.411 e. The Morgan fingerprint density at radius 3 is 2.35 bits per heavy atom. The highest BCUT2D eigenvalue weighted by atomic mass is 16.4. The lowest BCUT2D eigenvalue weighted by atomic mass is 10.0. The van der Waals surface area contributed by atoms with Crippen LogP contribution in [-0.4, -0.2) is 15.9 Å². The maximum absolute atomic E-state index is 9.02. The molecular weight excluding hydrogens is 212 g/mol. The van der Waals surface area contributed by atoms with Crippen molar-refractivity contribution in [1.82, 2.24) is 4.98 Å². The van der Waals surface area contributed by atoms with Gasteiger partial charge in [0, 0.05) is 25.2 Å². The second kappa shape index (κ2) is 5.80. The first kappa shape index (κ1) is 11.3. The maximum Gasteiger partial charge on any atom is 0.0658 e. The molecule has 0 fully saturated rings. The number of nitrogens with zero attached hydrogens (tertiary/aromatic N) is 2. The van der Waals surface area contributed by atoms with E-state index in [0.29, 0.717) is 12.8 Å². The summed E-state index contributed by atoms with van der Waals surface area (Å²) >= 11 is 0. The molecule has 0 aliphatic heterocycles. The van der Waals surface area contributed by atoms with Crippen molar-refractivity contribution in [3.8, 4) is 0 Å². The minimum atomic E-state index is 0.624. The molecule has 2 aromatic rings. The fourth-order valence-electron chi connectivity index (χ4n) is 1.70. The molecule has 0 radical (unpaired) electrons. The third-order valence-electron chi connectivity index (χ3n) is 2.52. The zero-order valence-electron chi connectivity index (χ0n) is 9.45. The summed E-state index contributed by atoms with van der Waals surface area (Å²) in [4.78, 5) is 4.04. The number of pyridine rings is 1. The van der Waals surface area contributed by atoms with Gasteiger partial charge in [-0.3, -0.25) is 4.98 Å². The van der Waals surface area contributed by atoms with E-state index in [4.69, 9.17) is 5.21 Å². The van der Waals surface area contributed by atoms with E-state index in [9.17, 15) is 0 Å².